The molecule has 1 atom stereocenters. The number of halogens is 2. The maximum Gasteiger partial charge on any atom is 0.264 e. The van der Waals surface area contributed by atoms with E-state index in [4.69, 9.17) is 11.6 Å². The lowest BCUT2D eigenvalue weighted by Crippen LogP contribution is -2.51. The molecule has 0 saturated carbocycles. The Morgan fingerprint density at radius 3 is 2.28 bits per heavy atom. The van der Waals surface area contributed by atoms with Crippen molar-refractivity contribution in [3.05, 3.63) is 94.8 Å². The van der Waals surface area contributed by atoms with E-state index in [1.807, 2.05) is 0 Å². The van der Waals surface area contributed by atoms with Gasteiger partial charge < -0.3 is 10.2 Å². The lowest BCUT2D eigenvalue weighted by molar-refractivity contribution is -0.139. The Bertz CT molecular complexity index is 1350. The fraction of sp³-hybridized carbons (Fsp3) is 0.231. The molecule has 0 aliphatic carbocycles. The molecule has 0 unspecified atom stereocenters. The number of hydrogen-bond donors (Lipinski definition) is 1. The van der Waals surface area contributed by atoms with Crippen LogP contribution >= 0.6 is 11.6 Å². The highest BCUT2D eigenvalue weighted by molar-refractivity contribution is 7.92. The highest BCUT2D eigenvalue weighted by Gasteiger charge is 2.33. The standard InChI is InChI=1S/C26H27ClFN3O4S/c1-18-22(27)13-9-15-24(18)31(36(34,35)21-11-5-4-6-12-21)17-25(32)30(19(2)26(33)29-3)16-20-10-7-8-14-23(20)28/h4-15,19H,16-17H2,1-3H3,(H,29,33)/t19-/m1/s1. The van der Waals surface area contributed by atoms with Crippen molar-refractivity contribution in [3.8, 4) is 0 Å². The molecule has 3 aromatic carbocycles. The van der Waals surface area contributed by atoms with Gasteiger partial charge in [-0.3, -0.25) is 13.9 Å². The van der Waals surface area contributed by atoms with Crippen molar-refractivity contribution < 1.29 is 22.4 Å². The number of benzene rings is 3. The molecule has 0 heterocycles. The second-order valence-corrected chi connectivity index (χ2v) is 10.4. The van der Waals surface area contributed by atoms with E-state index >= 15 is 0 Å². The molecule has 3 aromatic rings. The number of carbonyl (C=O) groups excluding carboxylic acids is 2. The van der Waals surface area contributed by atoms with Gasteiger partial charge in [-0.15, -0.1) is 0 Å². The molecule has 10 heteroatoms. The number of amides is 2. The minimum atomic E-state index is -4.20. The van der Waals surface area contributed by atoms with Crippen molar-refractivity contribution in [1.82, 2.24) is 10.2 Å². The van der Waals surface area contributed by atoms with Crippen LogP contribution in [0, 0.1) is 12.7 Å². The number of nitrogens with zero attached hydrogens (tertiary/aromatic N) is 2. The van der Waals surface area contributed by atoms with Crippen molar-refractivity contribution in [2.24, 2.45) is 0 Å². The average molecular weight is 532 g/mol. The fourth-order valence-electron chi connectivity index (χ4n) is 3.70. The molecule has 0 aliphatic rings. The third-order valence-electron chi connectivity index (χ3n) is 5.83. The summed E-state index contributed by atoms with van der Waals surface area (Å²) in [6.45, 7) is 2.29. The van der Waals surface area contributed by atoms with Gasteiger partial charge in [0.15, 0.2) is 0 Å². The molecule has 7 nitrogen and oxygen atoms in total. The molecule has 0 aliphatic heterocycles. The number of nitrogens with one attached hydrogen (secondary N) is 1. The first-order valence-electron chi connectivity index (χ1n) is 11.1. The fourth-order valence-corrected chi connectivity index (χ4v) is 5.36. The van der Waals surface area contributed by atoms with Crippen molar-refractivity contribution >= 4 is 39.1 Å². The van der Waals surface area contributed by atoms with Gasteiger partial charge in [0.05, 0.1) is 10.6 Å². The third kappa shape index (κ3) is 5.85. The highest BCUT2D eigenvalue weighted by Crippen LogP contribution is 2.31. The topological polar surface area (TPSA) is 86.8 Å². The smallest absolute Gasteiger partial charge is 0.264 e. The molecular weight excluding hydrogens is 505 g/mol. The van der Waals surface area contributed by atoms with E-state index in [1.165, 1.54) is 44.3 Å². The molecule has 36 heavy (non-hydrogen) atoms. The molecule has 3 rings (SSSR count). The second kappa shape index (κ2) is 11.5. The summed E-state index contributed by atoms with van der Waals surface area (Å²) in [5.74, 6) is -1.71. The number of rotatable bonds is 9. The van der Waals surface area contributed by atoms with Crippen molar-refractivity contribution in [1.29, 1.82) is 0 Å². The molecule has 0 spiro atoms. The van der Waals surface area contributed by atoms with Crippen LogP contribution in [0.1, 0.15) is 18.1 Å². The summed E-state index contributed by atoms with van der Waals surface area (Å²) in [5, 5.41) is 2.81. The molecule has 190 valence electrons. The zero-order valence-corrected chi connectivity index (χ0v) is 21.7. The minimum Gasteiger partial charge on any atom is -0.357 e. The van der Waals surface area contributed by atoms with Gasteiger partial charge in [0.2, 0.25) is 11.8 Å². The third-order valence-corrected chi connectivity index (χ3v) is 8.01. The maximum absolute atomic E-state index is 14.4. The van der Waals surface area contributed by atoms with Crippen LogP contribution in [-0.2, 0) is 26.2 Å². The highest BCUT2D eigenvalue weighted by atomic mass is 35.5. The predicted octanol–water partition coefficient (Wildman–Crippen LogP) is 4.15. The number of carbonyl (C=O) groups is 2. The second-order valence-electron chi connectivity index (χ2n) is 8.11. The summed E-state index contributed by atoms with van der Waals surface area (Å²) in [6, 6.07) is 17.4. The van der Waals surface area contributed by atoms with Crippen molar-refractivity contribution in [2.75, 3.05) is 17.9 Å². The molecule has 1 N–H and O–H groups in total. The number of hydrogen-bond acceptors (Lipinski definition) is 4. The van der Waals surface area contributed by atoms with Crippen molar-refractivity contribution in [3.63, 3.8) is 0 Å². The van der Waals surface area contributed by atoms with E-state index in [9.17, 15) is 22.4 Å². The largest absolute Gasteiger partial charge is 0.357 e. The van der Waals surface area contributed by atoms with E-state index in [-0.39, 0.29) is 22.7 Å². The predicted molar refractivity (Wildman–Crippen MR) is 138 cm³/mol. The van der Waals surface area contributed by atoms with Crippen LogP contribution in [0.2, 0.25) is 5.02 Å². The summed E-state index contributed by atoms with van der Waals surface area (Å²) in [7, 11) is -2.78. The zero-order valence-electron chi connectivity index (χ0n) is 20.1. The first-order valence-corrected chi connectivity index (χ1v) is 13.0. The average Bonchev–Trinajstić information content (AvgIpc) is 2.88. The van der Waals surface area contributed by atoms with Gasteiger partial charge >= 0.3 is 0 Å². The molecule has 0 fully saturated rings. The van der Waals surface area contributed by atoms with Gasteiger partial charge in [-0.25, -0.2) is 12.8 Å². The van der Waals surface area contributed by atoms with E-state index < -0.39 is 40.2 Å². The van der Waals surface area contributed by atoms with Gasteiger partial charge in [0.25, 0.3) is 10.0 Å². The first-order chi connectivity index (χ1) is 17.1. The Kier molecular flexibility index (Phi) is 8.70. The number of likely N-dealkylation sites (N-methyl/N-ethyl adjacent to an activating group) is 1. The van der Waals surface area contributed by atoms with E-state index in [2.05, 4.69) is 5.32 Å². The quantitative estimate of drug-likeness (QED) is 0.449. The Morgan fingerprint density at radius 2 is 1.64 bits per heavy atom. The van der Waals surface area contributed by atoms with Crippen LogP contribution in [0.5, 0.6) is 0 Å². The Morgan fingerprint density at radius 1 is 1.00 bits per heavy atom. The summed E-state index contributed by atoms with van der Waals surface area (Å²) >= 11 is 6.28. The van der Waals surface area contributed by atoms with Gasteiger partial charge in [0, 0.05) is 24.2 Å². The number of sulfonamides is 1. The molecule has 0 saturated heterocycles. The lowest BCUT2D eigenvalue weighted by Gasteiger charge is -2.32. The van der Waals surface area contributed by atoms with Crippen LogP contribution in [0.4, 0.5) is 10.1 Å². The summed E-state index contributed by atoms with van der Waals surface area (Å²) < 4.78 is 42.8. The van der Waals surface area contributed by atoms with Gasteiger partial charge in [0.1, 0.15) is 18.4 Å². The van der Waals surface area contributed by atoms with Crippen LogP contribution in [0.3, 0.4) is 0 Å². The van der Waals surface area contributed by atoms with Crippen LogP contribution in [0.25, 0.3) is 0 Å². The molecule has 0 bridgehead atoms. The van der Waals surface area contributed by atoms with E-state index in [0.717, 1.165) is 9.21 Å². The Labute approximate surface area is 215 Å². The SMILES string of the molecule is CNC(=O)[C@@H](C)N(Cc1ccccc1F)C(=O)CN(c1cccc(Cl)c1C)S(=O)(=O)c1ccccc1. The van der Waals surface area contributed by atoms with Crippen LogP contribution in [-0.4, -0.2) is 44.8 Å². The van der Waals surface area contributed by atoms with Crippen LogP contribution < -0.4 is 9.62 Å². The van der Waals surface area contributed by atoms with Gasteiger partial charge in [-0.05, 0) is 49.7 Å². The van der Waals surface area contributed by atoms with Crippen LogP contribution in [0.15, 0.2) is 77.7 Å². The minimum absolute atomic E-state index is 0.0165. The molecule has 2 amide bonds. The van der Waals surface area contributed by atoms with E-state index in [1.54, 1.807) is 49.4 Å². The Balaban J connectivity index is 2.08. The lowest BCUT2D eigenvalue weighted by atomic mass is 10.1. The summed E-state index contributed by atoms with van der Waals surface area (Å²) in [4.78, 5) is 27.3. The summed E-state index contributed by atoms with van der Waals surface area (Å²) in [6.07, 6.45) is 0. The first kappa shape index (κ1) is 27.2. The Hall–Kier alpha value is -3.43. The van der Waals surface area contributed by atoms with Gasteiger partial charge in [-0.1, -0.05) is 54.1 Å². The van der Waals surface area contributed by atoms with Crippen molar-refractivity contribution in [2.45, 2.75) is 31.3 Å². The maximum atomic E-state index is 14.4. The van der Waals surface area contributed by atoms with Gasteiger partial charge in [-0.2, -0.15) is 0 Å². The number of anilines is 1. The monoisotopic (exact) mass is 531 g/mol. The summed E-state index contributed by atoms with van der Waals surface area (Å²) in [5.41, 5.74) is 0.877. The molecule has 0 aromatic heterocycles. The zero-order chi connectivity index (χ0) is 26.5. The van der Waals surface area contributed by atoms with E-state index in [0.29, 0.717) is 10.6 Å². The molecular formula is C26H27ClFN3O4S. The molecule has 0 radical (unpaired) electrons. The normalized spacial score (nSPS) is 12.0.